The van der Waals surface area contributed by atoms with Gasteiger partial charge in [-0.2, -0.15) is 0 Å². The van der Waals surface area contributed by atoms with Gasteiger partial charge in [0.15, 0.2) is 5.76 Å². The second-order valence-corrected chi connectivity index (χ2v) is 9.27. The molecule has 0 saturated heterocycles. The van der Waals surface area contributed by atoms with Crippen molar-refractivity contribution >= 4 is 17.9 Å². The number of allylic oxidation sites excluding steroid dienone is 1. The van der Waals surface area contributed by atoms with Gasteiger partial charge in [-0.25, -0.2) is 9.97 Å². The summed E-state index contributed by atoms with van der Waals surface area (Å²) in [6, 6.07) is 13.2. The van der Waals surface area contributed by atoms with Crippen molar-refractivity contribution in [3.05, 3.63) is 95.6 Å². The maximum Gasteiger partial charge on any atom is 0.303 e. The Labute approximate surface area is 215 Å². The number of aromatic nitrogens is 3. The molecule has 0 amide bonds. The van der Waals surface area contributed by atoms with Crippen LogP contribution in [0.4, 0.5) is 5.82 Å². The zero-order valence-corrected chi connectivity index (χ0v) is 20.4. The average molecular weight is 503 g/mol. The molecule has 192 valence electrons. The summed E-state index contributed by atoms with van der Waals surface area (Å²) in [7, 11) is 0. The molecule has 2 aromatic heterocycles. The van der Waals surface area contributed by atoms with E-state index in [1.54, 1.807) is 24.7 Å². The van der Waals surface area contributed by atoms with Crippen molar-refractivity contribution in [2.75, 3.05) is 18.7 Å². The van der Waals surface area contributed by atoms with Crippen LogP contribution in [0, 0.1) is 5.92 Å². The van der Waals surface area contributed by atoms with Crippen molar-refractivity contribution in [3.63, 3.8) is 0 Å². The number of carboxylic acid groups (broad SMARTS) is 1. The number of aryl methyl sites for hydroxylation is 1. The number of carboxylic acids is 1. The summed E-state index contributed by atoms with van der Waals surface area (Å²) < 4.78 is 12.9. The van der Waals surface area contributed by atoms with Gasteiger partial charge in [0.05, 0.1) is 30.2 Å². The van der Waals surface area contributed by atoms with E-state index >= 15 is 0 Å². The Balaban J connectivity index is 1.37. The molecule has 3 unspecified atom stereocenters. The van der Waals surface area contributed by atoms with Crippen molar-refractivity contribution < 1.29 is 24.5 Å². The van der Waals surface area contributed by atoms with Crippen molar-refractivity contribution in [3.8, 4) is 0 Å². The first kappa shape index (κ1) is 24.6. The highest BCUT2D eigenvalue weighted by atomic mass is 16.7. The van der Waals surface area contributed by atoms with E-state index in [4.69, 9.17) is 9.47 Å². The molecule has 37 heavy (non-hydrogen) atoms. The van der Waals surface area contributed by atoms with Crippen LogP contribution in [-0.2, 0) is 27.1 Å². The van der Waals surface area contributed by atoms with Gasteiger partial charge in [-0.15, -0.1) is 0 Å². The molecule has 4 heterocycles. The molecular weight excluding hydrogens is 472 g/mol. The van der Waals surface area contributed by atoms with Gasteiger partial charge in [0.25, 0.3) is 0 Å². The van der Waals surface area contributed by atoms with Crippen molar-refractivity contribution in [2.45, 2.75) is 37.8 Å². The third-order valence-corrected chi connectivity index (χ3v) is 6.62. The van der Waals surface area contributed by atoms with E-state index in [1.807, 2.05) is 53.2 Å². The number of rotatable bonds is 10. The van der Waals surface area contributed by atoms with E-state index in [9.17, 15) is 15.0 Å². The van der Waals surface area contributed by atoms with Crippen LogP contribution in [0.1, 0.15) is 47.5 Å². The van der Waals surface area contributed by atoms with Crippen LogP contribution in [0.2, 0.25) is 0 Å². The summed E-state index contributed by atoms with van der Waals surface area (Å²) in [4.78, 5) is 20.8. The summed E-state index contributed by atoms with van der Waals surface area (Å²) in [6.07, 6.45) is 10.0. The largest absolute Gasteiger partial charge is 0.481 e. The lowest BCUT2D eigenvalue weighted by atomic mass is 9.88. The number of aliphatic hydroxyl groups is 1. The number of nitrogens with zero attached hydrogens (tertiary/aromatic N) is 3. The third kappa shape index (κ3) is 6.00. The topological polar surface area (TPSA) is 119 Å². The van der Waals surface area contributed by atoms with Gasteiger partial charge in [0.2, 0.25) is 6.79 Å². The molecule has 9 nitrogen and oxygen atoms in total. The average Bonchev–Trinajstić information content (AvgIpc) is 3.60. The number of fused-ring (bicyclic) bond motifs is 1. The van der Waals surface area contributed by atoms with Crippen LogP contribution in [0.15, 0.2) is 73.1 Å². The minimum Gasteiger partial charge on any atom is -0.481 e. The van der Waals surface area contributed by atoms with Gasteiger partial charge < -0.3 is 29.6 Å². The van der Waals surface area contributed by atoms with E-state index in [0.717, 1.165) is 36.3 Å². The molecule has 0 radical (unpaired) electrons. The van der Waals surface area contributed by atoms with Crippen molar-refractivity contribution in [1.82, 2.24) is 14.5 Å². The molecule has 2 aliphatic rings. The number of carbonyl (C=O) groups is 1. The van der Waals surface area contributed by atoms with Crippen molar-refractivity contribution in [2.24, 2.45) is 5.92 Å². The molecule has 5 rings (SSSR count). The molecule has 3 atom stereocenters. The molecule has 0 spiro atoms. The molecule has 3 N–H and O–H groups in total. The molecule has 2 aliphatic heterocycles. The van der Waals surface area contributed by atoms with Gasteiger partial charge in [-0.1, -0.05) is 36.4 Å². The first-order chi connectivity index (χ1) is 18.1. The number of hydrogen-bond acceptors (Lipinski definition) is 7. The Hall–Kier alpha value is -4.11. The summed E-state index contributed by atoms with van der Waals surface area (Å²) in [5.74, 6) is 0.191. The summed E-state index contributed by atoms with van der Waals surface area (Å²) in [5.41, 5.74) is 3.38. The van der Waals surface area contributed by atoms with Gasteiger partial charge >= 0.3 is 5.97 Å². The lowest BCUT2D eigenvalue weighted by Gasteiger charge is -2.27. The molecule has 1 aromatic carbocycles. The molecule has 9 heteroatoms. The maximum atomic E-state index is 11.8. The van der Waals surface area contributed by atoms with E-state index in [-0.39, 0.29) is 19.1 Å². The quantitative estimate of drug-likeness (QED) is 0.379. The Morgan fingerprint density at radius 2 is 2.08 bits per heavy atom. The lowest BCUT2D eigenvalue weighted by molar-refractivity contribution is -0.138. The van der Waals surface area contributed by atoms with E-state index in [1.165, 1.54) is 0 Å². The number of benzene rings is 1. The molecular formula is C28H30N4O5. The first-order valence-corrected chi connectivity index (χ1v) is 12.4. The fourth-order valence-electron chi connectivity index (χ4n) is 4.85. The normalized spacial score (nSPS) is 17.2. The van der Waals surface area contributed by atoms with Crippen LogP contribution in [0.25, 0.3) is 6.08 Å². The Kier molecular flexibility index (Phi) is 7.51. The number of imidazole rings is 1. The number of nitrogens with one attached hydrogen (secondary N) is 1. The molecule has 3 aromatic rings. The standard InChI is InChI=1S/C28H30N4O5/c33-24(23-10-8-20-7-4-12-29-28(20)31-23)11-9-22-15-32(17-30-22)27(25-16-36-18-37-25)21(14-26(34)35)13-19-5-2-1-3-6-19/h1-3,5-6,8-11,15-17,21,24,27,33H,4,7,12-14,18H2,(H,29,31)(H,34,35). The predicted molar refractivity (Wildman–Crippen MR) is 137 cm³/mol. The molecule has 0 fully saturated rings. The van der Waals surface area contributed by atoms with Crippen LogP contribution in [0.3, 0.4) is 0 Å². The SMILES string of the molecule is O=C(O)CC(Cc1ccccc1)C(C1=COCO1)n1cnc(C=CC(O)c2ccc3c(n2)NCCC3)c1. The fourth-order valence-corrected chi connectivity index (χ4v) is 4.85. The predicted octanol–water partition coefficient (Wildman–Crippen LogP) is 4.10. The van der Waals surface area contributed by atoms with Gasteiger partial charge in [0, 0.05) is 18.7 Å². The highest BCUT2D eigenvalue weighted by molar-refractivity contribution is 5.67. The van der Waals surface area contributed by atoms with E-state index in [2.05, 4.69) is 15.3 Å². The van der Waals surface area contributed by atoms with Crippen molar-refractivity contribution in [1.29, 1.82) is 0 Å². The first-order valence-electron chi connectivity index (χ1n) is 12.4. The van der Waals surface area contributed by atoms with Gasteiger partial charge in [0.1, 0.15) is 18.2 Å². The zero-order valence-electron chi connectivity index (χ0n) is 20.4. The lowest BCUT2D eigenvalue weighted by Crippen LogP contribution is -2.25. The Morgan fingerprint density at radius 3 is 2.86 bits per heavy atom. The summed E-state index contributed by atoms with van der Waals surface area (Å²) in [5, 5.41) is 23.7. The number of pyridine rings is 1. The second-order valence-electron chi connectivity index (χ2n) is 9.27. The molecule has 0 bridgehead atoms. The van der Waals surface area contributed by atoms with Gasteiger partial charge in [-0.05, 0) is 48.6 Å². The number of aliphatic carboxylic acids is 1. The van der Waals surface area contributed by atoms with E-state index < -0.39 is 18.1 Å². The minimum atomic E-state index is -0.888. The Bertz CT molecular complexity index is 1290. The zero-order chi connectivity index (χ0) is 25.6. The smallest absolute Gasteiger partial charge is 0.303 e. The molecule has 0 saturated carbocycles. The highest BCUT2D eigenvalue weighted by Crippen LogP contribution is 2.35. The van der Waals surface area contributed by atoms with E-state index in [0.29, 0.717) is 23.6 Å². The number of aliphatic hydroxyl groups excluding tert-OH is 1. The Morgan fingerprint density at radius 1 is 1.22 bits per heavy atom. The van der Waals surface area contributed by atoms with Crippen LogP contribution >= 0.6 is 0 Å². The second kappa shape index (κ2) is 11.3. The molecule has 0 aliphatic carbocycles. The van der Waals surface area contributed by atoms with Crippen LogP contribution < -0.4 is 5.32 Å². The minimum absolute atomic E-state index is 0.0552. The third-order valence-electron chi connectivity index (χ3n) is 6.62. The number of hydrogen-bond donors (Lipinski definition) is 3. The maximum absolute atomic E-state index is 11.8. The number of anilines is 1. The van der Waals surface area contributed by atoms with Crippen LogP contribution in [-0.4, -0.2) is 44.1 Å². The monoisotopic (exact) mass is 502 g/mol. The highest BCUT2D eigenvalue weighted by Gasteiger charge is 2.32. The van der Waals surface area contributed by atoms with Crippen LogP contribution in [0.5, 0.6) is 0 Å². The van der Waals surface area contributed by atoms with Gasteiger partial charge in [-0.3, -0.25) is 4.79 Å². The number of ether oxygens (including phenoxy) is 2. The summed E-state index contributed by atoms with van der Waals surface area (Å²) in [6.45, 7) is 0.972. The summed E-state index contributed by atoms with van der Waals surface area (Å²) >= 11 is 0. The fraction of sp³-hybridized carbons (Fsp3) is 0.321.